The Balaban J connectivity index is 2.28. The smallest absolute Gasteiger partial charge is 0.358 e. The molecular weight excluding hydrogens is 270 g/mol. The third-order valence-electron chi connectivity index (χ3n) is 3.19. The van der Waals surface area contributed by atoms with Gasteiger partial charge in [0.25, 0.3) is 0 Å². The van der Waals surface area contributed by atoms with Crippen molar-refractivity contribution in [2.24, 2.45) is 0 Å². The first-order valence-electron chi connectivity index (χ1n) is 6.77. The van der Waals surface area contributed by atoms with Gasteiger partial charge >= 0.3 is 5.97 Å². The molecule has 0 aliphatic rings. The highest BCUT2D eigenvalue weighted by molar-refractivity contribution is 5.86. The third kappa shape index (κ3) is 3.21. The van der Waals surface area contributed by atoms with Gasteiger partial charge in [-0.25, -0.2) is 9.48 Å². The number of aromatic carboxylic acids is 1. The number of aromatic nitrogens is 3. The molecule has 1 aromatic carbocycles. The van der Waals surface area contributed by atoms with Crippen LogP contribution in [-0.4, -0.2) is 26.1 Å². The average molecular weight is 289 g/mol. The summed E-state index contributed by atoms with van der Waals surface area (Å²) in [5.74, 6) is -0.357. The van der Waals surface area contributed by atoms with Gasteiger partial charge in [0.1, 0.15) is 18.1 Å². The number of hydrogen-bond acceptors (Lipinski definition) is 4. The lowest BCUT2D eigenvalue weighted by molar-refractivity contribution is 0.0687. The van der Waals surface area contributed by atoms with E-state index in [1.54, 1.807) is 4.68 Å². The molecule has 0 spiro atoms. The molecule has 0 radical (unpaired) electrons. The van der Waals surface area contributed by atoms with Crippen LogP contribution in [0.5, 0.6) is 5.75 Å². The molecular formula is C15H19N3O3. The highest BCUT2D eigenvalue weighted by Gasteiger charge is 2.21. The summed E-state index contributed by atoms with van der Waals surface area (Å²) in [6.45, 7) is 7.89. The molecule has 0 bridgehead atoms. The SMILES string of the molecule is Cc1ccc(C)c(OCc2c(C(=O)O)nnn2C(C)C)c1. The predicted molar refractivity (Wildman–Crippen MR) is 77.6 cm³/mol. The monoisotopic (exact) mass is 289 g/mol. The first-order valence-corrected chi connectivity index (χ1v) is 6.77. The van der Waals surface area contributed by atoms with Crippen molar-refractivity contribution in [2.75, 3.05) is 0 Å². The third-order valence-corrected chi connectivity index (χ3v) is 3.19. The molecule has 0 saturated heterocycles. The molecule has 0 saturated carbocycles. The molecule has 1 N–H and O–H groups in total. The van der Waals surface area contributed by atoms with Crippen LogP contribution in [0.1, 0.15) is 47.2 Å². The molecule has 2 rings (SSSR count). The fraction of sp³-hybridized carbons (Fsp3) is 0.400. The van der Waals surface area contributed by atoms with Crippen LogP contribution in [0, 0.1) is 13.8 Å². The van der Waals surface area contributed by atoms with Crippen LogP contribution in [0.15, 0.2) is 18.2 Å². The van der Waals surface area contributed by atoms with E-state index in [1.807, 2.05) is 45.9 Å². The zero-order valence-corrected chi connectivity index (χ0v) is 12.6. The van der Waals surface area contributed by atoms with Gasteiger partial charge in [0.15, 0.2) is 5.69 Å². The quantitative estimate of drug-likeness (QED) is 0.915. The number of rotatable bonds is 5. The van der Waals surface area contributed by atoms with E-state index < -0.39 is 5.97 Å². The fourth-order valence-corrected chi connectivity index (χ4v) is 2.04. The summed E-state index contributed by atoms with van der Waals surface area (Å²) in [4.78, 5) is 11.2. The molecule has 112 valence electrons. The first kappa shape index (κ1) is 15.0. The second-order valence-electron chi connectivity index (χ2n) is 5.29. The molecule has 21 heavy (non-hydrogen) atoms. The second kappa shape index (κ2) is 5.95. The Morgan fingerprint density at radius 2 is 2.10 bits per heavy atom. The molecule has 6 heteroatoms. The van der Waals surface area contributed by atoms with Gasteiger partial charge in [0.2, 0.25) is 0 Å². The van der Waals surface area contributed by atoms with Gasteiger partial charge in [0, 0.05) is 6.04 Å². The molecule has 0 aliphatic carbocycles. The van der Waals surface area contributed by atoms with E-state index in [-0.39, 0.29) is 18.3 Å². The van der Waals surface area contributed by atoms with Crippen LogP contribution >= 0.6 is 0 Å². The predicted octanol–water partition coefficient (Wildman–Crippen LogP) is 2.75. The topological polar surface area (TPSA) is 77.2 Å². The molecule has 0 fully saturated rings. The number of aryl methyl sites for hydroxylation is 2. The summed E-state index contributed by atoms with van der Waals surface area (Å²) in [7, 11) is 0. The molecule has 0 unspecified atom stereocenters. The van der Waals surface area contributed by atoms with Crippen molar-refractivity contribution in [1.29, 1.82) is 0 Å². The van der Waals surface area contributed by atoms with Gasteiger partial charge in [0.05, 0.1) is 0 Å². The Kier molecular flexibility index (Phi) is 4.26. The van der Waals surface area contributed by atoms with Crippen LogP contribution in [0.2, 0.25) is 0 Å². The van der Waals surface area contributed by atoms with Gasteiger partial charge in [-0.15, -0.1) is 5.10 Å². The maximum atomic E-state index is 11.2. The minimum Gasteiger partial charge on any atom is -0.487 e. The van der Waals surface area contributed by atoms with E-state index in [0.29, 0.717) is 5.69 Å². The van der Waals surface area contributed by atoms with Crippen LogP contribution in [0.25, 0.3) is 0 Å². The van der Waals surface area contributed by atoms with E-state index in [4.69, 9.17) is 4.74 Å². The van der Waals surface area contributed by atoms with Gasteiger partial charge in [-0.05, 0) is 44.9 Å². The zero-order valence-electron chi connectivity index (χ0n) is 12.6. The molecule has 0 atom stereocenters. The van der Waals surface area contributed by atoms with Crippen LogP contribution in [-0.2, 0) is 6.61 Å². The molecule has 1 aromatic heterocycles. The van der Waals surface area contributed by atoms with Crippen molar-refractivity contribution in [3.63, 3.8) is 0 Å². The summed E-state index contributed by atoms with van der Waals surface area (Å²) < 4.78 is 7.36. The van der Waals surface area contributed by atoms with Crippen molar-refractivity contribution >= 4 is 5.97 Å². The van der Waals surface area contributed by atoms with Crippen LogP contribution < -0.4 is 4.74 Å². The minimum absolute atomic E-state index is 0.0165. The standard InChI is InChI=1S/C15H19N3O3/c1-9(2)18-12(14(15(19)20)16-17-18)8-21-13-7-10(3)5-6-11(13)4/h5-7,9H,8H2,1-4H3,(H,19,20). The van der Waals surface area contributed by atoms with Crippen molar-refractivity contribution in [2.45, 2.75) is 40.3 Å². The first-order chi connectivity index (χ1) is 9.90. The number of carboxylic acid groups (broad SMARTS) is 1. The number of carbonyl (C=O) groups is 1. The Hall–Kier alpha value is -2.37. The van der Waals surface area contributed by atoms with Crippen molar-refractivity contribution in [1.82, 2.24) is 15.0 Å². The Morgan fingerprint density at radius 1 is 1.38 bits per heavy atom. The number of nitrogens with zero attached hydrogens (tertiary/aromatic N) is 3. The number of benzene rings is 1. The summed E-state index contributed by atoms with van der Waals surface area (Å²) in [5, 5.41) is 16.8. The van der Waals surface area contributed by atoms with E-state index >= 15 is 0 Å². The normalized spacial score (nSPS) is 10.9. The van der Waals surface area contributed by atoms with E-state index in [1.165, 1.54) is 0 Å². The highest BCUT2D eigenvalue weighted by atomic mass is 16.5. The molecule has 1 heterocycles. The summed E-state index contributed by atoms with van der Waals surface area (Å²) in [6, 6.07) is 5.92. The number of ether oxygens (including phenoxy) is 1. The highest BCUT2D eigenvalue weighted by Crippen LogP contribution is 2.21. The van der Waals surface area contributed by atoms with Crippen LogP contribution in [0.3, 0.4) is 0 Å². The van der Waals surface area contributed by atoms with Crippen LogP contribution in [0.4, 0.5) is 0 Å². The van der Waals surface area contributed by atoms with Crippen molar-refractivity contribution in [3.05, 3.63) is 40.7 Å². The average Bonchev–Trinajstić information content (AvgIpc) is 2.84. The Labute approximate surface area is 123 Å². The minimum atomic E-state index is -1.10. The lowest BCUT2D eigenvalue weighted by Crippen LogP contribution is -2.13. The Morgan fingerprint density at radius 3 is 2.71 bits per heavy atom. The summed E-state index contributed by atoms with van der Waals surface area (Å²) in [6.07, 6.45) is 0. The van der Waals surface area contributed by atoms with E-state index in [0.717, 1.165) is 16.9 Å². The zero-order chi connectivity index (χ0) is 15.6. The molecule has 6 nitrogen and oxygen atoms in total. The maximum Gasteiger partial charge on any atom is 0.358 e. The molecule has 0 aliphatic heterocycles. The van der Waals surface area contributed by atoms with Gasteiger partial charge < -0.3 is 9.84 Å². The van der Waals surface area contributed by atoms with E-state index in [9.17, 15) is 9.90 Å². The molecule has 0 amide bonds. The van der Waals surface area contributed by atoms with E-state index in [2.05, 4.69) is 10.3 Å². The summed E-state index contributed by atoms with van der Waals surface area (Å²) >= 11 is 0. The Bertz CT molecular complexity index is 662. The lowest BCUT2D eigenvalue weighted by atomic mass is 10.1. The van der Waals surface area contributed by atoms with Gasteiger partial charge in [-0.2, -0.15) is 0 Å². The second-order valence-corrected chi connectivity index (χ2v) is 5.29. The number of hydrogen-bond donors (Lipinski definition) is 1. The number of carboxylic acids is 1. The van der Waals surface area contributed by atoms with Crippen molar-refractivity contribution in [3.8, 4) is 5.75 Å². The fourth-order valence-electron chi connectivity index (χ4n) is 2.04. The maximum absolute atomic E-state index is 11.2. The summed E-state index contributed by atoms with van der Waals surface area (Å²) in [5.41, 5.74) is 2.50. The molecule has 2 aromatic rings. The lowest BCUT2D eigenvalue weighted by Gasteiger charge is -2.13. The van der Waals surface area contributed by atoms with Gasteiger partial charge in [-0.3, -0.25) is 0 Å². The largest absolute Gasteiger partial charge is 0.487 e. The van der Waals surface area contributed by atoms with Gasteiger partial charge in [-0.1, -0.05) is 17.3 Å². The van der Waals surface area contributed by atoms with Crippen molar-refractivity contribution < 1.29 is 14.6 Å².